The average Bonchev–Trinajstić information content (AvgIpc) is 2.56. The van der Waals surface area contributed by atoms with E-state index in [1.807, 2.05) is 18.2 Å². The summed E-state index contributed by atoms with van der Waals surface area (Å²) in [4.78, 5) is 0. The van der Waals surface area contributed by atoms with Crippen molar-refractivity contribution in [1.29, 1.82) is 0 Å². The third-order valence-electron chi connectivity index (χ3n) is 4.39. The highest BCUT2D eigenvalue weighted by Crippen LogP contribution is 2.44. The molecule has 0 saturated heterocycles. The molecule has 0 aliphatic heterocycles. The van der Waals surface area contributed by atoms with Crippen LogP contribution >= 0.6 is 0 Å². The molecule has 1 nitrogen and oxygen atoms in total. The van der Waals surface area contributed by atoms with Crippen LogP contribution in [0.15, 0.2) is 72.8 Å². The molecular weight excluding hydrogens is 256 g/mol. The normalized spacial score (nSPS) is 21.1. The smallest absolute Gasteiger partial charge is 0.0684 e. The van der Waals surface area contributed by atoms with Crippen molar-refractivity contribution in [3.63, 3.8) is 0 Å². The summed E-state index contributed by atoms with van der Waals surface area (Å²) in [6, 6.07) is 18.7. The molecule has 1 N–H and O–H groups in total. The summed E-state index contributed by atoms with van der Waals surface area (Å²) in [6.07, 6.45) is 7.49. The van der Waals surface area contributed by atoms with Crippen molar-refractivity contribution in [2.24, 2.45) is 0 Å². The van der Waals surface area contributed by atoms with E-state index in [4.69, 9.17) is 0 Å². The van der Waals surface area contributed by atoms with Crippen molar-refractivity contribution in [1.82, 2.24) is 0 Å². The first-order valence-electron chi connectivity index (χ1n) is 7.37. The van der Waals surface area contributed by atoms with E-state index >= 15 is 0 Å². The van der Waals surface area contributed by atoms with Crippen LogP contribution in [0.3, 0.4) is 0 Å². The third-order valence-corrected chi connectivity index (χ3v) is 4.39. The molecule has 2 aromatic rings. The Morgan fingerprint density at radius 2 is 1.71 bits per heavy atom. The first-order valence-corrected chi connectivity index (χ1v) is 7.37. The summed E-state index contributed by atoms with van der Waals surface area (Å²) in [5.41, 5.74) is 4.68. The van der Waals surface area contributed by atoms with Crippen LogP contribution in [0.2, 0.25) is 0 Å². The average molecular weight is 276 g/mol. The van der Waals surface area contributed by atoms with Crippen molar-refractivity contribution >= 4 is 5.57 Å². The second-order valence-corrected chi connectivity index (χ2v) is 5.73. The zero-order valence-electron chi connectivity index (χ0n) is 12.3. The van der Waals surface area contributed by atoms with E-state index < -0.39 is 0 Å². The SMILES string of the molecule is CC1(c2ccccc2CO)CC=CC=C1c1ccccc1. The van der Waals surface area contributed by atoms with Crippen molar-refractivity contribution in [2.75, 3.05) is 0 Å². The number of rotatable bonds is 3. The van der Waals surface area contributed by atoms with Gasteiger partial charge in [-0.25, -0.2) is 0 Å². The van der Waals surface area contributed by atoms with Gasteiger partial charge in [0.05, 0.1) is 6.61 Å². The number of aliphatic hydroxyl groups is 1. The number of hydrogen-bond donors (Lipinski definition) is 1. The molecule has 2 aromatic carbocycles. The van der Waals surface area contributed by atoms with E-state index in [1.54, 1.807) is 0 Å². The quantitative estimate of drug-likeness (QED) is 0.876. The van der Waals surface area contributed by atoms with E-state index in [1.165, 1.54) is 16.7 Å². The maximum atomic E-state index is 9.68. The maximum absolute atomic E-state index is 9.68. The zero-order valence-corrected chi connectivity index (χ0v) is 12.3. The fraction of sp³-hybridized carbons (Fsp3) is 0.200. The van der Waals surface area contributed by atoms with Gasteiger partial charge in [-0.2, -0.15) is 0 Å². The lowest BCUT2D eigenvalue weighted by molar-refractivity contribution is 0.279. The second kappa shape index (κ2) is 5.71. The van der Waals surface area contributed by atoms with Crippen LogP contribution in [0.4, 0.5) is 0 Å². The Kier molecular flexibility index (Phi) is 3.76. The fourth-order valence-corrected chi connectivity index (χ4v) is 3.25. The molecule has 0 heterocycles. The molecule has 3 rings (SSSR count). The topological polar surface area (TPSA) is 20.2 Å². The Labute approximate surface area is 126 Å². The number of aliphatic hydroxyl groups excluding tert-OH is 1. The van der Waals surface area contributed by atoms with Crippen molar-refractivity contribution in [3.05, 3.63) is 89.5 Å². The van der Waals surface area contributed by atoms with Gasteiger partial charge < -0.3 is 5.11 Å². The Bertz CT molecular complexity index is 682. The predicted octanol–water partition coefficient (Wildman–Crippen LogP) is 4.48. The van der Waals surface area contributed by atoms with Gasteiger partial charge in [-0.05, 0) is 28.7 Å². The van der Waals surface area contributed by atoms with Crippen LogP contribution in [0.25, 0.3) is 5.57 Å². The van der Waals surface area contributed by atoms with Crippen LogP contribution in [0.1, 0.15) is 30.0 Å². The summed E-state index contributed by atoms with van der Waals surface area (Å²) >= 11 is 0. The lowest BCUT2D eigenvalue weighted by Crippen LogP contribution is -2.26. The van der Waals surface area contributed by atoms with Crippen LogP contribution in [-0.2, 0) is 12.0 Å². The second-order valence-electron chi connectivity index (χ2n) is 5.73. The Hall–Kier alpha value is -2.12. The fourth-order valence-electron chi connectivity index (χ4n) is 3.25. The highest BCUT2D eigenvalue weighted by molar-refractivity contribution is 5.78. The largest absolute Gasteiger partial charge is 0.392 e. The van der Waals surface area contributed by atoms with Gasteiger partial charge in [-0.1, -0.05) is 79.7 Å². The van der Waals surface area contributed by atoms with Crippen molar-refractivity contribution < 1.29 is 5.11 Å². The van der Waals surface area contributed by atoms with E-state index in [0.29, 0.717) is 0 Å². The minimum atomic E-state index is -0.102. The first-order chi connectivity index (χ1) is 10.3. The molecule has 1 heteroatoms. The molecule has 106 valence electrons. The van der Waals surface area contributed by atoms with Crippen LogP contribution in [-0.4, -0.2) is 5.11 Å². The molecule has 1 atom stereocenters. The van der Waals surface area contributed by atoms with Crippen molar-refractivity contribution in [3.8, 4) is 0 Å². The Balaban J connectivity index is 2.15. The van der Waals surface area contributed by atoms with Gasteiger partial charge in [0.2, 0.25) is 0 Å². The molecule has 0 aromatic heterocycles. The standard InChI is InChI=1S/C20H20O/c1-20(19-12-6-5-11-17(19)15-21)14-8-7-13-18(20)16-9-3-2-4-10-16/h2-13,21H,14-15H2,1H3. The highest BCUT2D eigenvalue weighted by atomic mass is 16.3. The molecule has 0 amide bonds. The molecule has 0 spiro atoms. The summed E-state index contributed by atoms with van der Waals surface area (Å²) in [7, 11) is 0. The van der Waals surface area contributed by atoms with Crippen molar-refractivity contribution in [2.45, 2.75) is 25.4 Å². The molecule has 0 saturated carbocycles. The van der Waals surface area contributed by atoms with Gasteiger partial charge in [-0.3, -0.25) is 0 Å². The molecule has 0 fully saturated rings. The summed E-state index contributed by atoms with van der Waals surface area (Å²) in [5, 5.41) is 9.68. The predicted molar refractivity (Wildman–Crippen MR) is 87.9 cm³/mol. The van der Waals surface area contributed by atoms with E-state index in [0.717, 1.165) is 12.0 Å². The lowest BCUT2D eigenvalue weighted by atomic mass is 9.68. The molecule has 1 unspecified atom stereocenters. The maximum Gasteiger partial charge on any atom is 0.0684 e. The van der Waals surface area contributed by atoms with Crippen LogP contribution < -0.4 is 0 Å². The molecule has 1 aliphatic carbocycles. The van der Waals surface area contributed by atoms with Gasteiger partial charge in [0, 0.05) is 5.41 Å². The van der Waals surface area contributed by atoms with E-state index in [-0.39, 0.29) is 12.0 Å². The highest BCUT2D eigenvalue weighted by Gasteiger charge is 2.33. The molecule has 0 bridgehead atoms. The van der Waals surface area contributed by atoms with Gasteiger partial charge >= 0.3 is 0 Å². The lowest BCUT2D eigenvalue weighted by Gasteiger charge is -2.36. The van der Waals surface area contributed by atoms with Gasteiger partial charge in [-0.15, -0.1) is 0 Å². The van der Waals surface area contributed by atoms with Gasteiger partial charge in [0.1, 0.15) is 0 Å². The van der Waals surface area contributed by atoms with E-state index in [2.05, 4.69) is 61.5 Å². The van der Waals surface area contributed by atoms with Gasteiger partial charge in [0.25, 0.3) is 0 Å². The monoisotopic (exact) mass is 276 g/mol. The molecular formula is C20H20O. The minimum absolute atomic E-state index is 0.0809. The van der Waals surface area contributed by atoms with Crippen LogP contribution in [0, 0.1) is 0 Å². The third kappa shape index (κ3) is 2.45. The number of allylic oxidation sites excluding steroid dienone is 4. The first kappa shape index (κ1) is 13.8. The molecule has 1 aliphatic rings. The van der Waals surface area contributed by atoms with Gasteiger partial charge in [0.15, 0.2) is 0 Å². The Morgan fingerprint density at radius 3 is 2.48 bits per heavy atom. The minimum Gasteiger partial charge on any atom is -0.392 e. The van der Waals surface area contributed by atoms with E-state index in [9.17, 15) is 5.11 Å². The number of benzene rings is 2. The summed E-state index contributed by atoms with van der Waals surface area (Å²) in [5.74, 6) is 0. The summed E-state index contributed by atoms with van der Waals surface area (Å²) in [6.45, 7) is 2.35. The zero-order chi connectivity index (χ0) is 14.7. The number of hydrogen-bond acceptors (Lipinski definition) is 1. The molecule has 0 radical (unpaired) electrons. The van der Waals surface area contributed by atoms with Crippen LogP contribution in [0.5, 0.6) is 0 Å². The molecule has 21 heavy (non-hydrogen) atoms. The summed E-state index contributed by atoms with van der Waals surface area (Å²) < 4.78 is 0. The Morgan fingerprint density at radius 1 is 1.00 bits per heavy atom.